The summed E-state index contributed by atoms with van der Waals surface area (Å²) in [5, 5.41) is 18.6. The fraction of sp³-hybridized carbons (Fsp3) is 0.400. The summed E-state index contributed by atoms with van der Waals surface area (Å²) >= 11 is 0. The first-order valence-corrected chi connectivity index (χ1v) is 7.67. The van der Waals surface area contributed by atoms with E-state index in [1.54, 1.807) is 11.0 Å². The zero-order valence-corrected chi connectivity index (χ0v) is 13.4. The van der Waals surface area contributed by atoms with Gasteiger partial charge < -0.3 is 10.2 Å². The highest BCUT2D eigenvalue weighted by molar-refractivity contribution is 5.95. The number of nitro groups is 1. The van der Waals surface area contributed by atoms with Gasteiger partial charge in [-0.2, -0.15) is 5.10 Å². The van der Waals surface area contributed by atoms with Gasteiger partial charge in [-0.3, -0.25) is 14.9 Å². The van der Waals surface area contributed by atoms with E-state index in [9.17, 15) is 14.9 Å². The summed E-state index contributed by atoms with van der Waals surface area (Å²) in [5.41, 5.74) is 0.393. The summed E-state index contributed by atoms with van der Waals surface area (Å²) in [4.78, 5) is 29.2. The molecule has 24 heavy (non-hydrogen) atoms. The van der Waals surface area contributed by atoms with Crippen LogP contribution in [0.25, 0.3) is 5.69 Å². The van der Waals surface area contributed by atoms with Crippen molar-refractivity contribution in [2.24, 2.45) is 0 Å². The molecule has 2 atom stereocenters. The highest BCUT2D eigenvalue weighted by atomic mass is 16.6. The Morgan fingerprint density at radius 2 is 2.21 bits per heavy atom. The smallest absolute Gasteiger partial charge is 0.295 e. The predicted molar refractivity (Wildman–Crippen MR) is 86.0 cm³/mol. The average Bonchev–Trinajstić information content (AvgIpc) is 3.10. The summed E-state index contributed by atoms with van der Waals surface area (Å²) in [7, 11) is 0. The second-order valence-electron chi connectivity index (χ2n) is 5.78. The number of hydrogen-bond donors (Lipinski definition) is 1. The third kappa shape index (κ3) is 2.85. The molecule has 1 aliphatic rings. The van der Waals surface area contributed by atoms with E-state index >= 15 is 0 Å². The number of hydrogen-bond acceptors (Lipinski definition) is 6. The standard InChI is InChI=1S/C15H18N6O3/c1-10-11(2)19(6-5-17-10)15(22)12-3-4-13(14(7-12)21(23)24)20-9-16-8-18-20/h3-4,7-11,17H,5-6H2,1-2H3. The van der Waals surface area contributed by atoms with Gasteiger partial charge in [0.1, 0.15) is 18.3 Å². The molecule has 2 heterocycles. The first kappa shape index (κ1) is 16.1. The lowest BCUT2D eigenvalue weighted by atomic mass is 10.0. The van der Waals surface area contributed by atoms with Crippen LogP contribution in [0, 0.1) is 10.1 Å². The summed E-state index contributed by atoms with van der Waals surface area (Å²) in [6, 6.07) is 4.60. The molecule has 1 aromatic heterocycles. The minimum Gasteiger partial charge on any atom is -0.333 e. The van der Waals surface area contributed by atoms with Gasteiger partial charge in [-0.05, 0) is 26.0 Å². The van der Waals surface area contributed by atoms with Crippen LogP contribution >= 0.6 is 0 Å². The third-order valence-corrected chi connectivity index (χ3v) is 4.38. The van der Waals surface area contributed by atoms with Crippen molar-refractivity contribution in [3.05, 3.63) is 46.5 Å². The molecular formula is C15H18N6O3. The molecule has 1 aromatic carbocycles. The van der Waals surface area contributed by atoms with Crippen molar-refractivity contribution in [1.82, 2.24) is 25.0 Å². The Morgan fingerprint density at radius 3 is 2.88 bits per heavy atom. The fourth-order valence-corrected chi connectivity index (χ4v) is 2.84. The van der Waals surface area contributed by atoms with E-state index in [0.717, 1.165) is 0 Å². The molecule has 1 fully saturated rings. The van der Waals surface area contributed by atoms with Crippen molar-refractivity contribution in [2.45, 2.75) is 25.9 Å². The predicted octanol–water partition coefficient (Wildman–Crippen LogP) is 0.998. The van der Waals surface area contributed by atoms with Crippen LogP contribution in [0.1, 0.15) is 24.2 Å². The van der Waals surface area contributed by atoms with E-state index in [0.29, 0.717) is 18.7 Å². The number of aromatic nitrogens is 3. The third-order valence-electron chi connectivity index (χ3n) is 4.38. The summed E-state index contributed by atoms with van der Waals surface area (Å²) in [5.74, 6) is -0.205. The first-order valence-electron chi connectivity index (χ1n) is 7.67. The molecule has 1 saturated heterocycles. The second-order valence-corrected chi connectivity index (χ2v) is 5.78. The van der Waals surface area contributed by atoms with Crippen molar-refractivity contribution in [3.8, 4) is 5.69 Å². The Morgan fingerprint density at radius 1 is 1.42 bits per heavy atom. The number of nitrogens with zero attached hydrogens (tertiary/aromatic N) is 5. The molecule has 0 spiro atoms. The molecule has 0 aliphatic carbocycles. The van der Waals surface area contributed by atoms with E-state index in [-0.39, 0.29) is 29.4 Å². The van der Waals surface area contributed by atoms with E-state index < -0.39 is 4.92 Å². The van der Waals surface area contributed by atoms with Crippen molar-refractivity contribution < 1.29 is 9.72 Å². The van der Waals surface area contributed by atoms with Gasteiger partial charge in [0, 0.05) is 36.8 Å². The van der Waals surface area contributed by atoms with Gasteiger partial charge in [-0.1, -0.05) is 0 Å². The molecule has 9 heteroatoms. The monoisotopic (exact) mass is 330 g/mol. The van der Waals surface area contributed by atoms with Gasteiger partial charge in [0.05, 0.1) is 4.92 Å². The summed E-state index contributed by atoms with van der Waals surface area (Å²) in [6.07, 6.45) is 2.68. The number of nitrogens with one attached hydrogen (secondary N) is 1. The number of amides is 1. The Kier molecular flexibility index (Phi) is 4.26. The van der Waals surface area contributed by atoms with Crippen LogP contribution in [0.2, 0.25) is 0 Å². The van der Waals surface area contributed by atoms with Crippen LogP contribution in [-0.2, 0) is 0 Å². The summed E-state index contributed by atoms with van der Waals surface area (Å²) in [6.45, 7) is 5.26. The van der Waals surface area contributed by atoms with Crippen molar-refractivity contribution in [3.63, 3.8) is 0 Å². The molecule has 0 saturated carbocycles. The van der Waals surface area contributed by atoms with E-state index in [1.165, 1.54) is 29.5 Å². The van der Waals surface area contributed by atoms with Crippen molar-refractivity contribution in [2.75, 3.05) is 13.1 Å². The quantitative estimate of drug-likeness (QED) is 0.664. The molecule has 1 aliphatic heterocycles. The maximum atomic E-state index is 12.8. The van der Waals surface area contributed by atoms with Crippen LogP contribution in [-0.4, -0.2) is 55.7 Å². The number of carbonyl (C=O) groups excluding carboxylic acids is 1. The van der Waals surface area contributed by atoms with E-state index in [4.69, 9.17) is 0 Å². The lowest BCUT2D eigenvalue weighted by Crippen LogP contribution is -2.57. The van der Waals surface area contributed by atoms with Crippen LogP contribution < -0.4 is 5.32 Å². The Balaban J connectivity index is 1.96. The van der Waals surface area contributed by atoms with E-state index in [1.807, 2.05) is 13.8 Å². The molecule has 9 nitrogen and oxygen atoms in total. The minimum absolute atomic E-state index is 0.0142. The topological polar surface area (TPSA) is 106 Å². The lowest BCUT2D eigenvalue weighted by molar-refractivity contribution is -0.384. The van der Waals surface area contributed by atoms with Gasteiger partial charge in [-0.15, -0.1) is 0 Å². The molecule has 2 aromatic rings. The molecule has 3 rings (SSSR count). The Labute approximate surface area is 138 Å². The van der Waals surface area contributed by atoms with Crippen molar-refractivity contribution >= 4 is 11.6 Å². The highest BCUT2D eigenvalue weighted by Gasteiger charge is 2.30. The highest BCUT2D eigenvalue weighted by Crippen LogP contribution is 2.25. The van der Waals surface area contributed by atoms with Crippen molar-refractivity contribution in [1.29, 1.82) is 0 Å². The zero-order valence-electron chi connectivity index (χ0n) is 13.4. The molecule has 2 unspecified atom stereocenters. The van der Waals surface area contributed by atoms with Crippen LogP contribution in [0.3, 0.4) is 0 Å². The Bertz CT molecular complexity index is 761. The van der Waals surface area contributed by atoms with Gasteiger partial charge in [0.2, 0.25) is 0 Å². The van der Waals surface area contributed by atoms with Gasteiger partial charge in [0.15, 0.2) is 0 Å². The zero-order chi connectivity index (χ0) is 17.3. The molecular weight excluding hydrogens is 312 g/mol. The fourth-order valence-electron chi connectivity index (χ4n) is 2.84. The minimum atomic E-state index is -0.516. The molecule has 126 valence electrons. The number of benzene rings is 1. The maximum Gasteiger partial charge on any atom is 0.295 e. The first-order chi connectivity index (χ1) is 11.5. The second kappa shape index (κ2) is 6.36. The number of carbonyl (C=O) groups is 1. The molecule has 0 bridgehead atoms. The van der Waals surface area contributed by atoms with Gasteiger partial charge in [0.25, 0.3) is 11.6 Å². The molecule has 1 amide bonds. The summed E-state index contributed by atoms with van der Waals surface area (Å²) < 4.78 is 1.31. The Hall–Kier alpha value is -2.81. The van der Waals surface area contributed by atoms with Gasteiger partial charge in [-0.25, -0.2) is 9.67 Å². The van der Waals surface area contributed by atoms with Crippen LogP contribution in [0.4, 0.5) is 5.69 Å². The van der Waals surface area contributed by atoms with Crippen LogP contribution in [0.5, 0.6) is 0 Å². The van der Waals surface area contributed by atoms with Crippen LogP contribution in [0.15, 0.2) is 30.9 Å². The number of rotatable bonds is 3. The largest absolute Gasteiger partial charge is 0.333 e. The number of piperazine rings is 1. The normalized spacial score (nSPS) is 20.8. The van der Waals surface area contributed by atoms with E-state index in [2.05, 4.69) is 15.4 Å². The maximum absolute atomic E-state index is 12.8. The lowest BCUT2D eigenvalue weighted by Gasteiger charge is -2.38. The SMILES string of the molecule is CC1NCCN(C(=O)c2ccc(-n3cncn3)c([N+](=O)[O-])c2)C1C. The van der Waals surface area contributed by atoms with Gasteiger partial charge >= 0.3 is 0 Å². The number of nitro benzene ring substituents is 1. The molecule has 1 N–H and O–H groups in total. The average molecular weight is 330 g/mol. The molecule has 0 radical (unpaired) electrons.